The van der Waals surface area contributed by atoms with Crippen LogP contribution < -0.4 is 0 Å². The molecule has 6 heteroatoms. The summed E-state index contributed by atoms with van der Waals surface area (Å²) in [6.07, 6.45) is 2.29. The third-order valence-electron chi connectivity index (χ3n) is 5.71. The molecule has 26 heavy (non-hydrogen) atoms. The van der Waals surface area contributed by atoms with E-state index in [-0.39, 0.29) is 11.7 Å². The number of aliphatic hydroxyl groups excluding tert-OH is 1. The minimum absolute atomic E-state index is 0.118. The van der Waals surface area contributed by atoms with Gasteiger partial charge in [0.1, 0.15) is 12.2 Å². The molecule has 0 spiro atoms. The Morgan fingerprint density at radius 3 is 2.85 bits per heavy atom. The van der Waals surface area contributed by atoms with Gasteiger partial charge in [0.25, 0.3) is 0 Å². The van der Waals surface area contributed by atoms with Gasteiger partial charge in [-0.2, -0.15) is 0 Å². The molecule has 6 atom stereocenters. The lowest BCUT2D eigenvalue weighted by Gasteiger charge is -2.29. The molecule has 1 N–H and O–H groups in total. The zero-order valence-electron chi connectivity index (χ0n) is 15.7. The number of carbonyl (C=O) groups excluding carboxylic acids is 2. The number of epoxide rings is 1. The largest absolute Gasteiger partial charge is 0.458 e. The fourth-order valence-electron chi connectivity index (χ4n) is 3.70. The Morgan fingerprint density at radius 1 is 1.50 bits per heavy atom. The summed E-state index contributed by atoms with van der Waals surface area (Å²) in [6, 6.07) is 0. The maximum Gasteiger partial charge on any atom is 0.334 e. The molecule has 3 aliphatic rings. The first-order valence-electron chi connectivity index (χ1n) is 8.94. The third kappa shape index (κ3) is 3.35. The first-order chi connectivity index (χ1) is 12.2. The average Bonchev–Trinajstić information content (AvgIpc) is 3.11. The predicted octanol–water partition coefficient (Wildman–Crippen LogP) is 2.22. The van der Waals surface area contributed by atoms with E-state index in [1.165, 1.54) is 0 Å². The zero-order chi connectivity index (χ0) is 19.2. The molecule has 0 saturated carbocycles. The molecule has 2 saturated heterocycles. The van der Waals surface area contributed by atoms with Gasteiger partial charge in [0.15, 0.2) is 0 Å². The van der Waals surface area contributed by atoms with Crippen LogP contribution in [-0.4, -0.2) is 47.1 Å². The van der Waals surface area contributed by atoms with E-state index in [9.17, 15) is 14.7 Å². The maximum absolute atomic E-state index is 12.4. The highest BCUT2D eigenvalue weighted by molar-refractivity contribution is 5.92. The minimum Gasteiger partial charge on any atom is -0.458 e. The average molecular weight is 362 g/mol. The second-order valence-electron chi connectivity index (χ2n) is 7.62. The zero-order valence-corrected chi connectivity index (χ0v) is 15.7. The van der Waals surface area contributed by atoms with E-state index in [0.29, 0.717) is 24.0 Å². The number of rotatable bonds is 2. The Balaban J connectivity index is 1.98. The number of hydrogen-bond donors (Lipinski definition) is 1. The van der Waals surface area contributed by atoms with E-state index < -0.39 is 41.8 Å². The molecule has 142 valence electrons. The maximum atomic E-state index is 12.4. The smallest absolute Gasteiger partial charge is 0.334 e. The van der Waals surface area contributed by atoms with Crippen LogP contribution in [-0.2, 0) is 23.8 Å². The number of esters is 2. The Kier molecular flexibility index (Phi) is 4.84. The van der Waals surface area contributed by atoms with Gasteiger partial charge in [0.2, 0.25) is 0 Å². The fourth-order valence-corrected chi connectivity index (χ4v) is 3.70. The van der Waals surface area contributed by atoms with Crippen molar-refractivity contribution in [2.45, 2.75) is 70.6 Å². The van der Waals surface area contributed by atoms with Crippen molar-refractivity contribution in [2.24, 2.45) is 5.92 Å². The first-order valence-corrected chi connectivity index (χ1v) is 8.94. The molecule has 6 nitrogen and oxygen atoms in total. The molecule has 3 rings (SSSR count). The van der Waals surface area contributed by atoms with Gasteiger partial charge in [0.05, 0.1) is 23.7 Å². The van der Waals surface area contributed by atoms with Gasteiger partial charge >= 0.3 is 11.9 Å². The van der Waals surface area contributed by atoms with Crippen LogP contribution in [0.15, 0.2) is 35.5 Å². The topological polar surface area (TPSA) is 85.4 Å². The Labute approximate surface area is 153 Å². The summed E-state index contributed by atoms with van der Waals surface area (Å²) >= 11 is 0. The predicted molar refractivity (Wildman–Crippen MR) is 94.1 cm³/mol. The van der Waals surface area contributed by atoms with Crippen molar-refractivity contribution in [3.05, 3.63) is 35.5 Å². The molecule has 0 aromatic rings. The van der Waals surface area contributed by atoms with Crippen molar-refractivity contribution >= 4 is 11.9 Å². The van der Waals surface area contributed by atoms with Crippen molar-refractivity contribution in [1.29, 1.82) is 0 Å². The van der Waals surface area contributed by atoms with Crippen LogP contribution in [0.4, 0.5) is 0 Å². The van der Waals surface area contributed by atoms with Gasteiger partial charge < -0.3 is 19.3 Å². The van der Waals surface area contributed by atoms with E-state index in [4.69, 9.17) is 14.2 Å². The Morgan fingerprint density at radius 2 is 2.19 bits per heavy atom. The van der Waals surface area contributed by atoms with Gasteiger partial charge in [-0.05, 0) is 39.3 Å². The van der Waals surface area contributed by atoms with Gasteiger partial charge in [-0.1, -0.05) is 12.7 Å². The monoisotopic (exact) mass is 362 g/mol. The highest BCUT2D eigenvalue weighted by Crippen LogP contribution is 2.47. The van der Waals surface area contributed by atoms with Crippen LogP contribution in [0.5, 0.6) is 0 Å². The normalized spacial score (nSPS) is 42.1. The number of aliphatic hydroxyl groups is 1. The van der Waals surface area contributed by atoms with Gasteiger partial charge in [-0.3, -0.25) is 0 Å². The molecular weight excluding hydrogens is 336 g/mol. The molecule has 0 unspecified atom stereocenters. The molecule has 1 aliphatic carbocycles. The summed E-state index contributed by atoms with van der Waals surface area (Å²) in [4.78, 5) is 24.5. The highest BCUT2D eigenvalue weighted by atomic mass is 16.6. The number of carbonyl (C=O) groups is 2. The van der Waals surface area contributed by atoms with Crippen LogP contribution in [0.1, 0.15) is 40.5 Å². The van der Waals surface area contributed by atoms with E-state index in [1.54, 1.807) is 32.9 Å². The number of ether oxygens (including phenoxy) is 3. The molecule has 0 bridgehead atoms. The van der Waals surface area contributed by atoms with Gasteiger partial charge in [-0.15, -0.1) is 0 Å². The third-order valence-corrected chi connectivity index (χ3v) is 5.71. The summed E-state index contributed by atoms with van der Waals surface area (Å²) < 4.78 is 17.0. The fraction of sp³-hybridized carbons (Fsp3) is 0.600. The molecule has 2 heterocycles. The summed E-state index contributed by atoms with van der Waals surface area (Å²) in [5, 5.41) is 10.4. The van der Waals surface area contributed by atoms with Crippen molar-refractivity contribution in [1.82, 2.24) is 0 Å². The molecule has 0 aromatic heterocycles. The molecule has 2 aliphatic heterocycles. The Hall–Kier alpha value is -1.92. The highest BCUT2D eigenvalue weighted by Gasteiger charge is 2.57. The lowest BCUT2D eigenvalue weighted by atomic mass is 9.82. The van der Waals surface area contributed by atoms with Gasteiger partial charge in [-0.25, -0.2) is 9.59 Å². The summed E-state index contributed by atoms with van der Waals surface area (Å²) in [7, 11) is 0. The summed E-state index contributed by atoms with van der Waals surface area (Å²) in [6.45, 7) is 11.0. The standard InChI is InChI=1S/C20H26O6/c1-6-10(2)18(22)25-15-9-20(5)16(26-20)8-13(21)11(3)7-14-17(15)12(4)19(23)24-14/h6-7,13-17,21H,4,8-9H2,1-3,5H3/b10-6-,11-7-/t13-,14+,15+,16-,17+,20+/m1/s1. The van der Waals surface area contributed by atoms with E-state index in [0.717, 1.165) is 0 Å². The second-order valence-corrected chi connectivity index (χ2v) is 7.62. The molecule has 0 radical (unpaired) electrons. The van der Waals surface area contributed by atoms with Crippen LogP contribution in [0.2, 0.25) is 0 Å². The van der Waals surface area contributed by atoms with Crippen LogP contribution in [0.25, 0.3) is 0 Å². The van der Waals surface area contributed by atoms with Crippen molar-refractivity contribution < 1.29 is 28.9 Å². The lowest BCUT2D eigenvalue weighted by Crippen LogP contribution is -2.37. The number of allylic oxidation sites excluding steroid dienone is 1. The quantitative estimate of drug-likeness (QED) is 0.351. The van der Waals surface area contributed by atoms with Crippen molar-refractivity contribution in [3.63, 3.8) is 0 Å². The summed E-state index contributed by atoms with van der Waals surface area (Å²) in [5.74, 6) is -1.43. The van der Waals surface area contributed by atoms with E-state index >= 15 is 0 Å². The van der Waals surface area contributed by atoms with Crippen LogP contribution in [0.3, 0.4) is 0 Å². The van der Waals surface area contributed by atoms with Crippen LogP contribution in [0, 0.1) is 5.92 Å². The van der Waals surface area contributed by atoms with Crippen molar-refractivity contribution in [3.8, 4) is 0 Å². The van der Waals surface area contributed by atoms with E-state index in [2.05, 4.69) is 6.58 Å². The summed E-state index contributed by atoms with van der Waals surface area (Å²) in [5.41, 5.74) is 0.974. The molecule has 2 fully saturated rings. The van der Waals surface area contributed by atoms with Crippen LogP contribution >= 0.6 is 0 Å². The number of fused-ring (bicyclic) bond motifs is 2. The first kappa shape index (κ1) is 18.9. The Bertz CT molecular complexity index is 705. The molecule has 0 amide bonds. The lowest BCUT2D eigenvalue weighted by molar-refractivity contribution is -0.148. The number of hydrogen-bond acceptors (Lipinski definition) is 6. The second kappa shape index (κ2) is 6.67. The molecular formula is C20H26O6. The minimum atomic E-state index is -0.667. The van der Waals surface area contributed by atoms with Crippen molar-refractivity contribution in [2.75, 3.05) is 0 Å². The van der Waals surface area contributed by atoms with E-state index in [1.807, 2.05) is 6.92 Å². The molecule has 0 aromatic carbocycles. The SMILES string of the molecule is C=C1C(=O)O[C@H]2/C=C(/C)[C@H](O)C[C@H]3O[C@@]3(C)C[C@H](OC(=O)/C(C)=C\C)[C@@H]12. The van der Waals surface area contributed by atoms with Gasteiger partial charge in [0, 0.05) is 24.0 Å².